The van der Waals surface area contributed by atoms with Crippen LogP contribution in [0.4, 0.5) is 21.9 Å². The van der Waals surface area contributed by atoms with Crippen LogP contribution in [-0.4, -0.2) is 50.8 Å². The van der Waals surface area contributed by atoms with Crippen LogP contribution in [0, 0.1) is 0 Å². The molecule has 1 saturated heterocycles. The van der Waals surface area contributed by atoms with Crippen LogP contribution in [0.2, 0.25) is 0 Å². The van der Waals surface area contributed by atoms with E-state index in [-0.39, 0.29) is 16.9 Å². The third kappa shape index (κ3) is 7.49. The smallest absolute Gasteiger partial charge is 0.323 e. The first-order valence-corrected chi connectivity index (χ1v) is 16.8. The van der Waals surface area contributed by atoms with Crippen molar-refractivity contribution in [1.82, 2.24) is 9.88 Å². The van der Waals surface area contributed by atoms with Crippen LogP contribution in [0.15, 0.2) is 66.9 Å². The van der Waals surface area contributed by atoms with Gasteiger partial charge in [0.25, 0.3) is 0 Å². The molecule has 0 saturated carbocycles. The fourth-order valence-corrected chi connectivity index (χ4v) is 6.16. The molecular formula is C34H41N5O4S. The number of nitrogens with one attached hydrogen (secondary N) is 3. The Hall–Kier alpha value is -4.15. The number of carbonyl (C=O) groups is 1. The molecule has 5 rings (SSSR count). The summed E-state index contributed by atoms with van der Waals surface area (Å²) in [6.45, 7) is 9.15. The number of nitrogens with zero attached hydrogens (tertiary/aromatic N) is 2. The lowest BCUT2D eigenvalue weighted by molar-refractivity contribution is 0.218. The zero-order chi connectivity index (χ0) is 31.5. The van der Waals surface area contributed by atoms with Gasteiger partial charge in [0.15, 0.2) is 5.75 Å². The monoisotopic (exact) mass is 615 g/mol. The molecule has 0 spiro atoms. The number of ether oxygens (including phenoxy) is 1. The molecule has 2 heterocycles. The number of likely N-dealkylation sites (tertiary alicyclic amines) is 1. The minimum Gasteiger partial charge on any atom is -0.492 e. The summed E-state index contributed by atoms with van der Waals surface area (Å²) in [6, 6.07) is 19.1. The Morgan fingerprint density at radius 1 is 0.909 bits per heavy atom. The largest absolute Gasteiger partial charge is 0.492 e. The highest BCUT2D eigenvalue weighted by Gasteiger charge is 2.22. The van der Waals surface area contributed by atoms with E-state index in [0.717, 1.165) is 59.0 Å². The maximum absolute atomic E-state index is 13.4. The van der Waals surface area contributed by atoms with Gasteiger partial charge in [-0.3, -0.25) is 14.6 Å². The quantitative estimate of drug-likeness (QED) is 0.193. The lowest BCUT2D eigenvalue weighted by Crippen LogP contribution is -2.29. The zero-order valence-electron chi connectivity index (χ0n) is 26.0. The van der Waals surface area contributed by atoms with Gasteiger partial charge in [-0.15, -0.1) is 0 Å². The Balaban J connectivity index is 1.40. The van der Waals surface area contributed by atoms with Gasteiger partial charge in [0, 0.05) is 23.7 Å². The molecule has 0 atom stereocenters. The topological polar surface area (TPSA) is 113 Å². The second-order valence-electron chi connectivity index (χ2n) is 12.4. The molecule has 1 aliphatic rings. The highest BCUT2D eigenvalue weighted by atomic mass is 32.2. The predicted molar refractivity (Wildman–Crippen MR) is 179 cm³/mol. The van der Waals surface area contributed by atoms with Gasteiger partial charge in [0.2, 0.25) is 10.0 Å². The second-order valence-corrected chi connectivity index (χ2v) is 14.1. The number of pyridine rings is 1. The molecule has 0 unspecified atom stereocenters. The molecule has 0 aliphatic carbocycles. The van der Waals surface area contributed by atoms with Crippen LogP contribution < -0.4 is 20.1 Å². The Kier molecular flexibility index (Phi) is 9.12. The first-order valence-electron chi connectivity index (χ1n) is 14.9. The predicted octanol–water partition coefficient (Wildman–Crippen LogP) is 7.21. The number of methoxy groups -OCH3 is 1. The maximum Gasteiger partial charge on any atom is 0.323 e. The molecule has 0 radical (unpaired) electrons. The van der Waals surface area contributed by atoms with E-state index >= 15 is 0 Å². The Morgan fingerprint density at radius 3 is 2.23 bits per heavy atom. The number of anilines is 3. The molecule has 1 fully saturated rings. The molecule has 3 aromatic carbocycles. The third-order valence-corrected chi connectivity index (χ3v) is 8.44. The first-order chi connectivity index (χ1) is 20.9. The average molecular weight is 616 g/mol. The van der Waals surface area contributed by atoms with E-state index in [1.807, 2.05) is 63.4 Å². The normalized spacial score (nSPS) is 14.3. The van der Waals surface area contributed by atoms with Crippen LogP contribution in [0.3, 0.4) is 0 Å². The van der Waals surface area contributed by atoms with E-state index < -0.39 is 16.1 Å². The van der Waals surface area contributed by atoms with Crippen molar-refractivity contribution in [2.45, 2.75) is 52.0 Å². The van der Waals surface area contributed by atoms with Crippen LogP contribution in [0.5, 0.6) is 5.75 Å². The van der Waals surface area contributed by atoms with Gasteiger partial charge in [-0.1, -0.05) is 63.6 Å². The molecule has 44 heavy (non-hydrogen) atoms. The summed E-state index contributed by atoms with van der Waals surface area (Å²) in [5, 5.41) is 7.72. The third-order valence-electron chi connectivity index (χ3n) is 7.84. The van der Waals surface area contributed by atoms with E-state index in [2.05, 4.69) is 32.4 Å². The van der Waals surface area contributed by atoms with Crippen molar-refractivity contribution in [2.75, 3.05) is 41.8 Å². The Bertz CT molecular complexity index is 1760. The van der Waals surface area contributed by atoms with Gasteiger partial charge in [-0.2, -0.15) is 0 Å². The minimum absolute atomic E-state index is 0.218. The van der Waals surface area contributed by atoms with Crippen LogP contribution in [-0.2, 0) is 22.0 Å². The van der Waals surface area contributed by atoms with Crippen LogP contribution in [0.25, 0.3) is 21.9 Å². The average Bonchev–Trinajstić information content (AvgIpc) is 2.97. The molecular weight excluding hydrogens is 574 g/mol. The molecule has 4 aromatic rings. The number of sulfonamides is 1. The number of carbonyl (C=O) groups excluding carboxylic acids is 1. The number of urea groups is 1. The molecule has 3 N–H and O–H groups in total. The van der Waals surface area contributed by atoms with Gasteiger partial charge < -0.3 is 15.4 Å². The van der Waals surface area contributed by atoms with Gasteiger partial charge in [-0.05, 0) is 72.1 Å². The molecule has 1 aromatic heterocycles. The van der Waals surface area contributed by atoms with Gasteiger partial charge in [0.1, 0.15) is 0 Å². The van der Waals surface area contributed by atoms with Crippen molar-refractivity contribution >= 4 is 43.9 Å². The summed E-state index contributed by atoms with van der Waals surface area (Å²) >= 11 is 0. The highest BCUT2D eigenvalue weighted by molar-refractivity contribution is 7.92. The lowest BCUT2D eigenvalue weighted by atomic mass is 9.86. The van der Waals surface area contributed by atoms with Crippen molar-refractivity contribution in [1.29, 1.82) is 0 Å². The molecule has 10 heteroatoms. The maximum atomic E-state index is 13.4. The Labute approximate surface area is 260 Å². The van der Waals surface area contributed by atoms with Gasteiger partial charge in [-0.25, -0.2) is 13.2 Å². The summed E-state index contributed by atoms with van der Waals surface area (Å²) in [5.41, 5.74) is 4.84. The van der Waals surface area contributed by atoms with E-state index in [1.165, 1.54) is 26.4 Å². The van der Waals surface area contributed by atoms with Crippen molar-refractivity contribution in [3.05, 3.63) is 78.1 Å². The van der Waals surface area contributed by atoms with E-state index in [1.54, 1.807) is 12.1 Å². The fourth-order valence-electron chi connectivity index (χ4n) is 5.61. The Morgan fingerprint density at radius 2 is 1.59 bits per heavy atom. The number of hydrogen-bond donors (Lipinski definition) is 3. The number of fused-ring (bicyclic) bond motifs is 1. The number of rotatable bonds is 8. The van der Waals surface area contributed by atoms with Crippen molar-refractivity contribution in [3.8, 4) is 16.9 Å². The first kappa shape index (κ1) is 31.3. The number of benzene rings is 3. The van der Waals surface area contributed by atoms with Crippen molar-refractivity contribution < 1.29 is 17.9 Å². The molecule has 0 bridgehead atoms. The van der Waals surface area contributed by atoms with Gasteiger partial charge >= 0.3 is 6.03 Å². The summed E-state index contributed by atoms with van der Waals surface area (Å²) in [5.74, 6) is 0.218. The number of hydrogen-bond acceptors (Lipinski definition) is 6. The molecule has 9 nitrogen and oxygen atoms in total. The SMILES string of the molecule is COc1c(NC(=O)Nc2ccc(-c3ccc(CN4CCCCC4)nc3)c3ccccc23)cc(C(C)(C)C)cc1NS(C)(=O)=O. The number of piperidine rings is 1. The highest BCUT2D eigenvalue weighted by Crippen LogP contribution is 2.39. The van der Waals surface area contributed by atoms with Gasteiger partial charge in [0.05, 0.1) is 36.1 Å². The minimum atomic E-state index is -3.59. The fraction of sp³-hybridized carbons (Fsp3) is 0.353. The van der Waals surface area contributed by atoms with Crippen molar-refractivity contribution in [3.63, 3.8) is 0 Å². The molecule has 2 amide bonds. The van der Waals surface area contributed by atoms with Crippen molar-refractivity contribution in [2.24, 2.45) is 0 Å². The summed E-state index contributed by atoms with van der Waals surface area (Å²) in [7, 11) is -2.16. The number of aromatic nitrogens is 1. The lowest BCUT2D eigenvalue weighted by Gasteiger charge is -2.25. The van der Waals surface area contributed by atoms with E-state index in [0.29, 0.717) is 11.4 Å². The van der Waals surface area contributed by atoms with Crippen LogP contribution >= 0.6 is 0 Å². The standard InChI is InChI=1S/C34H41N5O4S/c1-34(2,3)24-19-30(32(43-4)31(20-24)38-44(5,41)42)37-33(40)36-29-16-15-26(27-11-7-8-12-28(27)29)23-13-14-25(35-21-23)22-39-17-9-6-10-18-39/h7-8,11-16,19-21,38H,6,9-10,17-18,22H2,1-5H3,(H2,36,37,40). The molecule has 232 valence electrons. The summed E-state index contributed by atoms with van der Waals surface area (Å²) in [6.07, 6.45) is 6.81. The number of amides is 2. The van der Waals surface area contributed by atoms with E-state index in [9.17, 15) is 13.2 Å². The molecule has 1 aliphatic heterocycles. The van der Waals surface area contributed by atoms with E-state index in [4.69, 9.17) is 9.72 Å². The summed E-state index contributed by atoms with van der Waals surface area (Å²) < 4.78 is 32.2. The van der Waals surface area contributed by atoms with Crippen LogP contribution in [0.1, 0.15) is 51.3 Å². The second kappa shape index (κ2) is 12.8. The summed E-state index contributed by atoms with van der Waals surface area (Å²) in [4.78, 5) is 20.6. The zero-order valence-corrected chi connectivity index (χ0v) is 26.8.